The Hall–Kier alpha value is -6.62. The highest BCUT2D eigenvalue weighted by molar-refractivity contribution is 6.25. The highest BCUT2D eigenvalue weighted by Crippen LogP contribution is 2.43. The molecule has 242 valence electrons. The third-order valence-electron chi connectivity index (χ3n) is 10.4. The Labute approximate surface area is 294 Å². The van der Waals surface area contributed by atoms with Crippen molar-refractivity contribution < 1.29 is 0 Å². The van der Waals surface area contributed by atoms with Crippen molar-refractivity contribution >= 4 is 76.7 Å². The molecular formula is C47H34N4. The first-order chi connectivity index (χ1) is 25.2. The van der Waals surface area contributed by atoms with Crippen molar-refractivity contribution in [2.24, 2.45) is 5.73 Å². The van der Waals surface area contributed by atoms with Crippen molar-refractivity contribution in [3.05, 3.63) is 181 Å². The van der Waals surface area contributed by atoms with E-state index in [2.05, 4.69) is 167 Å². The number of nitrogens with two attached hydrogens (primary N) is 2. The number of nitrogens with zero attached hydrogens (tertiary/aromatic N) is 2. The number of para-hydroxylation sites is 4. The van der Waals surface area contributed by atoms with E-state index in [1.54, 1.807) is 0 Å². The SMILES string of the molecule is NC/C=C\C=C(c1ccccc1)c1ccccc1-c1cc2c(cc1N)n1c3ccccc3c3cccc(c4cccc5c6ccccc6n2c54)c31. The van der Waals surface area contributed by atoms with Gasteiger partial charge >= 0.3 is 0 Å². The summed E-state index contributed by atoms with van der Waals surface area (Å²) in [6, 6.07) is 54.5. The van der Waals surface area contributed by atoms with E-state index in [-0.39, 0.29) is 0 Å². The van der Waals surface area contributed by atoms with E-state index in [0.29, 0.717) is 6.54 Å². The summed E-state index contributed by atoms with van der Waals surface area (Å²) in [6.45, 7) is 0.475. The molecule has 0 aliphatic carbocycles. The average molecular weight is 655 g/mol. The van der Waals surface area contributed by atoms with Gasteiger partial charge in [0.25, 0.3) is 0 Å². The number of allylic oxidation sites excluding steroid dienone is 2. The topological polar surface area (TPSA) is 60.9 Å². The molecule has 4 nitrogen and oxygen atoms in total. The molecule has 4 N–H and O–H groups in total. The van der Waals surface area contributed by atoms with Crippen molar-refractivity contribution in [2.45, 2.75) is 0 Å². The number of benzene rings is 7. The fourth-order valence-corrected chi connectivity index (χ4v) is 8.31. The van der Waals surface area contributed by atoms with Crippen LogP contribution in [0.2, 0.25) is 0 Å². The van der Waals surface area contributed by atoms with Crippen LogP contribution in [0.1, 0.15) is 11.1 Å². The second-order valence-corrected chi connectivity index (χ2v) is 13.2. The summed E-state index contributed by atoms with van der Waals surface area (Å²) >= 11 is 0. The van der Waals surface area contributed by atoms with E-state index in [4.69, 9.17) is 11.5 Å². The fourth-order valence-electron chi connectivity index (χ4n) is 8.31. The lowest BCUT2D eigenvalue weighted by Crippen LogP contribution is -2.00. The monoisotopic (exact) mass is 654 g/mol. The van der Waals surface area contributed by atoms with E-state index < -0.39 is 0 Å². The van der Waals surface area contributed by atoms with Crippen molar-refractivity contribution in [3.8, 4) is 11.1 Å². The minimum atomic E-state index is 0.475. The minimum Gasteiger partial charge on any atom is -0.398 e. The molecule has 10 rings (SSSR count). The molecule has 0 saturated carbocycles. The van der Waals surface area contributed by atoms with Crippen LogP contribution in [-0.4, -0.2) is 15.3 Å². The third kappa shape index (κ3) is 4.30. The van der Waals surface area contributed by atoms with Crippen molar-refractivity contribution in [2.75, 3.05) is 12.3 Å². The lowest BCUT2D eigenvalue weighted by molar-refractivity contribution is 1.25. The van der Waals surface area contributed by atoms with Crippen molar-refractivity contribution in [1.82, 2.24) is 8.80 Å². The Morgan fingerprint density at radius 1 is 0.490 bits per heavy atom. The predicted octanol–water partition coefficient (Wildman–Crippen LogP) is 11.2. The smallest absolute Gasteiger partial charge is 0.0724 e. The Kier molecular flexibility index (Phi) is 6.60. The van der Waals surface area contributed by atoms with Gasteiger partial charge in [0.2, 0.25) is 0 Å². The van der Waals surface area contributed by atoms with Gasteiger partial charge in [-0.15, -0.1) is 0 Å². The van der Waals surface area contributed by atoms with Crippen molar-refractivity contribution in [1.29, 1.82) is 0 Å². The molecule has 7 aromatic carbocycles. The first-order valence-corrected chi connectivity index (χ1v) is 17.4. The van der Waals surface area contributed by atoms with Crippen LogP contribution >= 0.6 is 0 Å². The molecule has 0 aliphatic rings. The quantitative estimate of drug-likeness (QED) is 0.143. The van der Waals surface area contributed by atoms with E-state index in [1.165, 1.54) is 43.4 Å². The first-order valence-electron chi connectivity index (χ1n) is 17.4. The zero-order valence-electron chi connectivity index (χ0n) is 27.9. The van der Waals surface area contributed by atoms with Gasteiger partial charge in [0.15, 0.2) is 0 Å². The maximum Gasteiger partial charge on any atom is 0.0724 e. The Balaban J connectivity index is 1.43. The van der Waals surface area contributed by atoms with Crippen LogP contribution in [-0.2, 0) is 0 Å². The van der Waals surface area contributed by atoms with Crippen LogP contribution in [0.5, 0.6) is 0 Å². The number of rotatable bonds is 5. The summed E-state index contributed by atoms with van der Waals surface area (Å²) in [5, 5.41) is 7.33. The zero-order valence-corrected chi connectivity index (χ0v) is 27.9. The number of aromatic nitrogens is 2. The van der Waals surface area contributed by atoms with Gasteiger partial charge in [-0.3, -0.25) is 0 Å². The van der Waals surface area contributed by atoms with Crippen LogP contribution < -0.4 is 11.5 Å². The Bertz CT molecular complexity index is 3070. The van der Waals surface area contributed by atoms with Crippen LogP contribution in [0, 0.1) is 0 Å². The maximum absolute atomic E-state index is 7.26. The molecule has 0 unspecified atom stereocenters. The van der Waals surface area contributed by atoms with Crippen molar-refractivity contribution in [3.63, 3.8) is 0 Å². The van der Waals surface area contributed by atoms with E-state index in [0.717, 1.165) is 55.6 Å². The molecule has 0 fully saturated rings. The maximum atomic E-state index is 7.26. The second-order valence-electron chi connectivity index (χ2n) is 13.2. The van der Waals surface area contributed by atoms with Gasteiger partial charge in [-0.25, -0.2) is 0 Å². The predicted molar refractivity (Wildman–Crippen MR) is 217 cm³/mol. The summed E-state index contributed by atoms with van der Waals surface area (Å²) in [5.74, 6) is 0. The van der Waals surface area contributed by atoms with Gasteiger partial charge in [0.1, 0.15) is 0 Å². The Morgan fingerprint density at radius 2 is 1.00 bits per heavy atom. The second kappa shape index (κ2) is 11.5. The van der Waals surface area contributed by atoms with Gasteiger partial charge in [0.05, 0.1) is 33.1 Å². The molecule has 0 atom stereocenters. The van der Waals surface area contributed by atoms with Gasteiger partial charge < -0.3 is 20.3 Å². The number of fused-ring (bicyclic) bond motifs is 10. The molecule has 0 aliphatic heterocycles. The molecule has 0 spiro atoms. The highest BCUT2D eigenvalue weighted by Gasteiger charge is 2.21. The lowest BCUT2D eigenvalue weighted by Gasteiger charge is -2.17. The van der Waals surface area contributed by atoms with E-state index >= 15 is 0 Å². The molecule has 3 heterocycles. The number of anilines is 1. The molecule has 0 amide bonds. The molecule has 4 heteroatoms. The summed E-state index contributed by atoms with van der Waals surface area (Å²) in [7, 11) is 0. The van der Waals surface area contributed by atoms with E-state index in [9.17, 15) is 0 Å². The Morgan fingerprint density at radius 3 is 1.63 bits per heavy atom. The largest absolute Gasteiger partial charge is 0.398 e. The summed E-state index contributed by atoms with van der Waals surface area (Å²) < 4.78 is 4.90. The fraction of sp³-hybridized carbons (Fsp3) is 0.0213. The normalized spacial score (nSPS) is 12.6. The first kappa shape index (κ1) is 29.3. The molecular weight excluding hydrogens is 621 g/mol. The molecule has 0 radical (unpaired) electrons. The minimum absolute atomic E-state index is 0.475. The number of hydrogen-bond donors (Lipinski definition) is 2. The molecule has 0 bridgehead atoms. The van der Waals surface area contributed by atoms with Crippen LogP contribution in [0.3, 0.4) is 0 Å². The number of nitrogen functional groups attached to an aromatic ring is 1. The third-order valence-corrected chi connectivity index (χ3v) is 10.4. The molecule has 0 saturated heterocycles. The van der Waals surface area contributed by atoms with Gasteiger partial charge in [-0.05, 0) is 46.5 Å². The van der Waals surface area contributed by atoms with Crippen LogP contribution in [0.4, 0.5) is 5.69 Å². The van der Waals surface area contributed by atoms with Crippen LogP contribution in [0.25, 0.3) is 82.1 Å². The zero-order chi connectivity index (χ0) is 34.1. The van der Waals surface area contributed by atoms with Gasteiger partial charge in [0, 0.05) is 50.1 Å². The molecule has 10 aromatic rings. The standard InChI is InChI=1S/C47H34N4/c48-27-11-10-16-31(30-14-2-1-3-15-30)32-17-4-5-18-33(32)40-28-44-45(29-41(40)49)51-43-26-9-7-20-35(43)37-22-13-24-39(47(37)51)38-23-12-21-36-34-19-6-8-25-42(34)50(44)46(36)38/h1-26,28-29H,27,48-49H2/b11-10-,31-16?. The summed E-state index contributed by atoms with van der Waals surface area (Å²) in [4.78, 5) is 0. The van der Waals surface area contributed by atoms with Crippen LogP contribution in [0.15, 0.2) is 170 Å². The summed E-state index contributed by atoms with van der Waals surface area (Å²) in [5.41, 5.74) is 26.1. The van der Waals surface area contributed by atoms with Gasteiger partial charge in [-0.2, -0.15) is 0 Å². The lowest BCUT2D eigenvalue weighted by atomic mass is 9.89. The number of hydrogen-bond acceptors (Lipinski definition) is 2. The van der Waals surface area contributed by atoms with E-state index in [1.807, 2.05) is 12.2 Å². The average Bonchev–Trinajstić information content (AvgIpc) is 3.70. The van der Waals surface area contributed by atoms with Gasteiger partial charge in [-0.1, -0.05) is 146 Å². The highest BCUT2D eigenvalue weighted by atomic mass is 15.0. The summed E-state index contributed by atoms with van der Waals surface area (Å²) in [6.07, 6.45) is 6.18. The molecule has 51 heavy (non-hydrogen) atoms. The molecule has 3 aromatic heterocycles.